The molecule has 0 aliphatic carbocycles. The highest BCUT2D eigenvalue weighted by Crippen LogP contribution is 2.19. The summed E-state index contributed by atoms with van der Waals surface area (Å²) >= 11 is 0. The largest absolute Gasteiger partial charge is 0.381 e. The molecule has 0 radical (unpaired) electrons. The van der Waals surface area contributed by atoms with Gasteiger partial charge in [0.25, 0.3) is 0 Å². The Kier molecular flexibility index (Phi) is 5.20. The summed E-state index contributed by atoms with van der Waals surface area (Å²) in [6.45, 7) is 10.1. The summed E-state index contributed by atoms with van der Waals surface area (Å²) in [6, 6.07) is 4.87. The minimum absolute atomic E-state index is 0.602. The molecule has 1 aromatic heterocycles. The first-order chi connectivity index (χ1) is 9.19. The molecule has 0 amide bonds. The molecule has 1 aliphatic heterocycles. The number of anilines is 1. The van der Waals surface area contributed by atoms with Crippen molar-refractivity contribution in [2.24, 2.45) is 0 Å². The molecule has 1 unspecified atom stereocenters. The van der Waals surface area contributed by atoms with Crippen LogP contribution in [-0.2, 0) is 0 Å². The van der Waals surface area contributed by atoms with Gasteiger partial charge in [0.15, 0.2) is 0 Å². The fourth-order valence-corrected chi connectivity index (χ4v) is 2.90. The molecule has 1 aliphatic rings. The van der Waals surface area contributed by atoms with Crippen molar-refractivity contribution in [3.8, 4) is 0 Å². The maximum atomic E-state index is 4.53. The molecule has 19 heavy (non-hydrogen) atoms. The topological polar surface area (TPSA) is 28.2 Å². The van der Waals surface area contributed by atoms with Crippen LogP contribution in [0.25, 0.3) is 0 Å². The molecule has 0 spiro atoms. The molecular weight excluding hydrogens is 234 g/mol. The standard InChI is InChI=1S/C16H27N3/c1-4-10-19-11-5-6-15(9-12-19)18-16-8-7-13(2)17-14(16)3/h7-8,15,18H,4-6,9-12H2,1-3H3. The third-order valence-electron chi connectivity index (χ3n) is 3.95. The summed E-state index contributed by atoms with van der Waals surface area (Å²) in [6.07, 6.45) is 5.08. The van der Waals surface area contributed by atoms with E-state index in [0.717, 1.165) is 11.4 Å². The van der Waals surface area contributed by atoms with Gasteiger partial charge in [0, 0.05) is 18.3 Å². The fraction of sp³-hybridized carbons (Fsp3) is 0.688. The molecule has 3 heteroatoms. The predicted octanol–water partition coefficient (Wildman–Crippen LogP) is 3.37. The normalized spacial score (nSPS) is 21.1. The van der Waals surface area contributed by atoms with Crippen molar-refractivity contribution in [1.29, 1.82) is 0 Å². The van der Waals surface area contributed by atoms with E-state index in [0.29, 0.717) is 6.04 Å². The lowest BCUT2D eigenvalue weighted by molar-refractivity contribution is 0.285. The maximum Gasteiger partial charge on any atom is 0.0606 e. The van der Waals surface area contributed by atoms with Crippen molar-refractivity contribution in [3.63, 3.8) is 0 Å². The molecule has 106 valence electrons. The van der Waals surface area contributed by atoms with Crippen molar-refractivity contribution in [2.45, 2.75) is 52.5 Å². The smallest absolute Gasteiger partial charge is 0.0606 e. The van der Waals surface area contributed by atoms with E-state index in [-0.39, 0.29) is 0 Å². The summed E-state index contributed by atoms with van der Waals surface area (Å²) in [5.41, 5.74) is 3.42. The number of hydrogen-bond acceptors (Lipinski definition) is 3. The van der Waals surface area contributed by atoms with Gasteiger partial charge in [0.1, 0.15) is 0 Å². The third-order valence-corrected chi connectivity index (χ3v) is 3.95. The van der Waals surface area contributed by atoms with Crippen LogP contribution in [-0.4, -0.2) is 35.6 Å². The highest BCUT2D eigenvalue weighted by molar-refractivity contribution is 5.48. The first-order valence-electron chi connectivity index (χ1n) is 7.62. The Morgan fingerprint density at radius 3 is 2.84 bits per heavy atom. The number of rotatable bonds is 4. The molecule has 1 atom stereocenters. The minimum atomic E-state index is 0.602. The molecule has 2 heterocycles. The molecule has 0 saturated carbocycles. The predicted molar refractivity (Wildman–Crippen MR) is 81.7 cm³/mol. The molecule has 1 N–H and O–H groups in total. The summed E-state index contributed by atoms with van der Waals surface area (Å²) in [4.78, 5) is 7.13. The van der Waals surface area contributed by atoms with Gasteiger partial charge in [-0.1, -0.05) is 6.92 Å². The van der Waals surface area contributed by atoms with E-state index in [1.54, 1.807) is 0 Å². The highest BCUT2D eigenvalue weighted by atomic mass is 15.1. The second kappa shape index (κ2) is 6.90. The number of nitrogens with one attached hydrogen (secondary N) is 1. The Morgan fingerprint density at radius 1 is 1.26 bits per heavy atom. The lowest BCUT2D eigenvalue weighted by Crippen LogP contribution is -2.27. The highest BCUT2D eigenvalue weighted by Gasteiger charge is 2.16. The zero-order valence-electron chi connectivity index (χ0n) is 12.6. The molecule has 1 aromatic rings. The van der Waals surface area contributed by atoms with E-state index in [1.807, 2.05) is 6.92 Å². The van der Waals surface area contributed by atoms with Crippen LogP contribution in [0.4, 0.5) is 5.69 Å². The van der Waals surface area contributed by atoms with Crippen molar-refractivity contribution in [1.82, 2.24) is 9.88 Å². The van der Waals surface area contributed by atoms with E-state index in [4.69, 9.17) is 0 Å². The second-order valence-corrected chi connectivity index (χ2v) is 5.70. The summed E-state index contributed by atoms with van der Waals surface area (Å²) in [5, 5.41) is 3.69. The summed E-state index contributed by atoms with van der Waals surface area (Å²) in [7, 11) is 0. The molecule has 0 bridgehead atoms. The average molecular weight is 261 g/mol. The lowest BCUT2D eigenvalue weighted by Gasteiger charge is -2.20. The third kappa shape index (κ3) is 4.20. The van der Waals surface area contributed by atoms with E-state index < -0.39 is 0 Å². The minimum Gasteiger partial charge on any atom is -0.381 e. The first-order valence-corrected chi connectivity index (χ1v) is 7.62. The average Bonchev–Trinajstić information content (AvgIpc) is 2.59. The van der Waals surface area contributed by atoms with Crippen molar-refractivity contribution in [3.05, 3.63) is 23.5 Å². The Labute approximate surface area is 117 Å². The first kappa shape index (κ1) is 14.3. The molecule has 1 fully saturated rings. The van der Waals surface area contributed by atoms with Crippen LogP contribution in [0.15, 0.2) is 12.1 Å². The van der Waals surface area contributed by atoms with Crippen LogP contribution in [0.5, 0.6) is 0 Å². The lowest BCUT2D eigenvalue weighted by atomic mass is 10.1. The Hall–Kier alpha value is -1.09. The monoisotopic (exact) mass is 261 g/mol. The van der Waals surface area contributed by atoms with Crippen LogP contribution in [0.2, 0.25) is 0 Å². The summed E-state index contributed by atoms with van der Waals surface area (Å²) < 4.78 is 0. The Morgan fingerprint density at radius 2 is 2.11 bits per heavy atom. The van der Waals surface area contributed by atoms with Gasteiger partial charge in [-0.25, -0.2) is 0 Å². The van der Waals surface area contributed by atoms with E-state index in [1.165, 1.54) is 51.0 Å². The zero-order chi connectivity index (χ0) is 13.7. The van der Waals surface area contributed by atoms with Crippen molar-refractivity contribution >= 4 is 5.69 Å². The zero-order valence-corrected chi connectivity index (χ0v) is 12.6. The number of aryl methyl sites for hydroxylation is 2. The van der Waals surface area contributed by atoms with Crippen molar-refractivity contribution < 1.29 is 0 Å². The van der Waals surface area contributed by atoms with Gasteiger partial charge < -0.3 is 10.2 Å². The molecule has 1 saturated heterocycles. The van der Waals surface area contributed by atoms with Crippen molar-refractivity contribution in [2.75, 3.05) is 25.0 Å². The molecule has 2 rings (SSSR count). The van der Waals surface area contributed by atoms with Crippen LogP contribution in [0, 0.1) is 13.8 Å². The van der Waals surface area contributed by atoms with Crippen LogP contribution < -0.4 is 5.32 Å². The second-order valence-electron chi connectivity index (χ2n) is 5.70. The Balaban J connectivity index is 1.92. The van der Waals surface area contributed by atoms with Gasteiger partial charge >= 0.3 is 0 Å². The van der Waals surface area contributed by atoms with Gasteiger partial charge in [0.05, 0.1) is 11.4 Å². The Bertz CT molecular complexity index is 403. The fourth-order valence-electron chi connectivity index (χ4n) is 2.90. The molecule has 3 nitrogen and oxygen atoms in total. The number of hydrogen-bond donors (Lipinski definition) is 1. The maximum absolute atomic E-state index is 4.53. The van der Waals surface area contributed by atoms with E-state index in [9.17, 15) is 0 Å². The molecule has 0 aromatic carbocycles. The van der Waals surface area contributed by atoms with Crippen LogP contribution >= 0.6 is 0 Å². The number of likely N-dealkylation sites (tertiary alicyclic amines) is 1. The number of aromatic nitrogens is 1. The van der Waals surface area contributed by atoms with Crippen LogP contribution in [0.3, 0.4) is 0 Å². The quantitative estimate of drug-likeness (QED) is 0.900. The van der Waals surface area contributed by atoms with Crippen LogP contribution in [0.1, 0.15) is 44.0 Å². The SMILES string of the molecule is CCCN1CCCC(Nc2ccc(C)nc2C)CC1. The number of pyridine rings is 1. The van der Waals surface area contributed by atoms with E-state index >= 15 is 0 Å². The molecular formula is C16H27N3. The van der Waals surface area contributed by atoms with E-state index in [2.05, 4.69) is 41.2 Å². The van der Waals surface area contributed by atoms with Gasteiger partial charge in [-0.3, -0.25) is 4.98 Å². The van der Waals surface area contributed by atoms with Gasteiger partial charge in [0.2, 0.25) is 0 Å². The van der Waals surface area contributed by atoms with Gasteiger partial charge in [-0.05, 0) is 64.8 Å². The number of nitrogens with zero attached hydrogens (tertiary/aromatic N) is 2. The summed E-state index contributed by atoms with van der Waals surface area (Å²) in [5.74, 6) is 0. The van der Waals surface area contributed by atoms with Gasteiger partial charge in [-0.2, -0.15) is 0 Å². The van der Waals surface area contributed by atoms with Gasteiger partial charge in [-0.15, -0.1) is 0 Å².